The smallest absolute Gasteiger partial charge is 0.0891 e. The molecule has 0 bridgehead atoms. The molecule has 2 aromatic heterocycles. The third-order valence-electron chi connectivity index (χ3n) is 2.95. The lowest BCUT2D eigenvalue weighted by Gasteiger charge is -2.15. The Morgan fingerprint density at radius 1 is 1.19 bits per heavy atom. The van der Waals surface area contributed by atoms with Crippen LogP contribution < -0.4 is 5.32 Å². The van der Waals surface area contributed by atoms with E-state index < -0.39 is 0 Å². The molecule has 0 aromatic carbocycles. The first-order valence-corrected chi connectivity index (χ1v) is 5.54. The van der Waals surface area contributed by atoms with Crippen LogP contribution in [0.1, 0.15) is 12.0 Å². The Bertz CT molecular complexity index is 540. The van der Waals surface area contributed by atoms with Gasteiger partial charge < -0.3 is 5.32 Å². The number of aromatic nitrogens is 2. The monoisotopic (exact) mass is 211 g/mol. The molecular weight excluding hydrogens is 198 g/mol. The fourth-order valence-corrected chi connectivity index (χ4v) is 2.15. The highest BCUT2D eigenvalue weighted by Gasteiger charge is 2.09. The minimum atomic E-state index is 0.963. The van der Waals surface area contributed by atoms with Crippen molar-refractivity contribution in [3.05, 3.63) is 42.4 Å². The fraction of sp³-hybridized carbons (Fsp3) is 0.231. The van der Waals surface area contributed by atoms with Gasteiger partial charge in [-0.05, 0) is 36.2 Å². The van der Waals surface area contributed by atoms with Crippen molar-refractivity contribution < 1.29 is 0 Å². The lowest BCUT2D eigenvalue weighted by Crippen LogP contribution is -2.20. The van der Waals surface area contributed by atoms with Gasteiger partial charge in [0.05, 0.1) is 11.7 Å². The van der Waals surface area contributed by atoms with Crippen molar-refractivity contribution >= 4 is 16.5 Å². The molecule has 1 aliphatic heterocycles. The van der Waals surface area contributed by atoms with Crippen LogP contribution in [0.3, 0.4) is 0 Å². The molecule has 0 atom stereocenters. The largest absolute Gasteiger partial charge is 0.313 e. The first-order valence-electron chi connectivity index (χ1n) is 5.54. The van der Waals surface area contributed by atoms with E-state index in [-0.39, 0.29) is 0 Å². The van der Waals surface area contributed by atoms with E-state index in [2.05, 4.69) is 27.4 Å². The van der Waals surface area contributed by atoms with E-state index in [1.807, 2.05) is 24.7 Å². The summed E-state index contributed by atoms with van der Waals surface area (Å²) < 4.78 is 0. The molecule has 80 valence electrons. The first kappa shape index (κ1) is 9.48. The number of nitrogens with one attached hydrogen (secondary N) is 1. The molecule has 0 fully saturated rings. The van der Waals surface area contributed by atoms with Crippen LogP contribution in [0.25, 0.3) is 16.5 Å². The van der Waals surface area contributed by atoms with Crippen LogP contribution >= 0.6 is 0 Å². The highest BCUT2D eigenvalue weighted by molar-refractivity contribution is 5.91. The topological polar surface area (TPSA) is 37.8 Å². The summed E-state index contributed by atoms with van der Waals surface area (Å²) >= 11 is 0. The van der Waals surface area contributed by atoms with Crippen molar-refractivity contribution in [3.63, 3.8) is 0 Å². The maximum absolute atomic E-state index is 4.33. The zero-order valence-corrected chi connectivity index (χ0v) is 8.98. The van der Waals surface area contributed by atoms with Gasteiger partial charge in [-0.25, -0.2) is 0 Å². The number of pyridine rings is 2. The highest BCUT2D eigenvalue weighted by atomic mass is 14.8. The van der Waals surface area contributed by atoms with Gasteiger partial charge in [0.25, 0.3) is 0 Å². The van der Waals surface area contributed by atoms with Gasteiger partial charge >= 0.3 is 0 Å². The molecule has 0 spiro atoms. The number of hydrogen-bond acceptors (Lipinski definition) is 3. The van der Waals surface area contributed by atoms with Crippen molar-refractivity contribution in [1.29, 1.82) is 0 Å². The maximum atomic E-state index is 4.33. The van der Waals surface area contributed by atoms with Gasteiger partial charge in [0.2, 0.25) is 0 Å². The van der Waals surface area contributed by atoms with Crippen LogP contribution in [0.5, 0.6) is 0 Å². The summed E-state index contributed by atoms with van der Waals surface area (Å²) in [5.74, 6) is 0. The van der Waals surface area contributed by atoms with Crippen LogP contribution in [-0.4, -0.2) is 23.1 Å². The molecule has 0 unspecified atom stereocenters. The summed E-state index contributed by atoms with van der Waals surface area (Å²) in [6.07, 6.45) is 8.86. The van der Waals surface area contributed by atoms with E-state index in [0.717, 1.165) is 25.0 Å². The molecule has 16 heavy (non-hydrogen) atoms. The summed E-state index contributed by atoms with van der Waals surface area (Å²) in [7, 11) is 0. The van der Waals surface area contributed by atoms with Crippen molar-refractivity contribution in [1.82, 2.24) is 15.3 Å². The molecule has 3 heteroatoms. The Balaban J connectivity index is 2.19. The van der Waals surface area contributed by atoms with Gasteiger partial charge in [0, 0.05) is 24.3 Å². The van der Waals surface area contributed by atoms with Gasteiger partial charge in [-0.1, -0.05) is 6.08 Å². The summed E-state index contributed by atoms with van der Waals surface area (Å²) in [6, 6.07) is 4.14. The molecule has 0 saturated carbocycles. The predicted molar refractivity (Wildman–Crippen MR) is 65.0 cm³/mol. The Labute approximate surface area is 94.2 Å². The van der Waals surface area contributed by atoms with Crippen LogP contribution in [0.15, 0.2) is 36.8 Å². The second-order valence-electron chi connectivity index (χ2n) is 3.93. The van der Waals surface area contributed by atoms with Crippen LogP contribution in [0, 0.1) is 0 Å². The van der Waals surface area contributed by atoms with E-state index in [0.29, 0.717) is 0 Å². The number of hydrogen-bond donors (Lipinski definition) is 1. The van der Waals surface area contributed by atoms with Crippen molar-refractivity contribution in [2.45, 2.75) is 6.42 Å². The standard InChI is InChI=1S/C13H13N3/c1-5-14-6-2-10(1)11-4-8-16-13-9-15-7-3-12(11)13/h1,3-4,7-9,14H,2,5-6H2. The Morgan fingerprint density at radius 2 is 2.19 bits per heavy atom. The van der Waals surface area contributed by atoms with Crippen LogP contribution in [-0.2, 0) is 0 Å². The zero-order chi connectivity index (χ0) is 10.8. The van der Waals surface area contributed by atoms with Gasteiger partial charge in [-0.15, -0.1) is 0 Å². The van der Waals surface area contributed by atoms with E-state index in [1.165, 1.54) is 16.5 Å². The Hall–Kier alpha value is -1.74. The van der Waals surface area contributed by atoms with E-state index >= 15 is 0 Å². The SMILES string of the molecule is C1=C(c2ccnc3cnccc23)CCNC1. The molecule has 3 nitrogen and oxygen atoms in total. The molecule has 0 radical (unpaired) electrons. The predicted octanol–water partition coefficient (Wildman–Crippen LogP) is 2.01. The summed E-state index contributed by atoms with van der Waals surface area (Å²) in [5.41, 5.74) is 3.69. The van der Waals surface area contributed by atoms with E-state index in [9.17, 15) is 0 Å². The van der Waals surface area contributed by atoms with E-state index in [4.69, 9.17) is 0 Å². The average molecular weight is 211 g/mol. The lowest BCUT2D eigenvalue weighted by molar-refractivity contribution is 0.739. The molecule has 0 amide bonds. The summed E-state index contributed by atoms with van der Waals surface area (Å²) in [5, 5.41) is 4.53. The third-order valence-corrected chi connectivity index (χ3v) is 2.95. The second-order valence-corrected chi connectivity index (χ2v) is 3.93. The zero-order valence-electron chi connectivity index (χ0n) is 8.98. The van der Waals surface area contributed by atoms with Crippen LogP contribution in [0.2, 0.25) is 0 Å². The average Bonchev–Trinajstić information content (AvgIpc) is 2.39. The van der Waals surface area contributed by atoms with Gasteiger partial charge in [0.15, 0.2) is 0 Å². The quantitative estimate of drug-likeness (QED) is 0.784. The fourth-order valence-electron chi connectivity index (χ4n) is 2.15. The van der Waals surface area contributed by atoms with Crippen molar-refractivity contribution in [2.75, 3.05) is 13.1 Å². The lowest BCUT2D eigenvalue weighted by atomic mass is 9.98. The molecule has 2 aromatic rings. The van der Waals surface area contributed by atoms with E-state index in [1.54, 1.807) is 0 Å². The van der Waals surface area contributed by atoms with Crippen molar-refractivity contribution in [3.8, 4) is 0 Å². The number of nitrogens with zero attached hydrogens (tertiary/aromatic N) is 2. The Kier molecular flexibility index (Phi) is 2.38. The Morgan fingerprint density at radius 3 is 3.06 bits per heavy atom. The molecule has 1 aliphatic rings. The summed E-state index contributed by atoms with van der Waals surface area (Å²) in [4.78, 5) is 8.44. The third kappa shape index (κ3) is 1.59. The number of rotatable bonds is 1. The minimum absolute atomic E-state index is 0.963. The van der Waals surface area contributed by atoms with Gasteiger partial charge in [-0.3, -0.25) is 9.97 Å². The highest BCUT2D eigenvalue weighted by Crippen LogP contribution is 2.25. The minimum Gasteiger partial charge on any atom is -0.313 e. The molecule has 1 N–H and O–H groups in total. The molecule has 0 saturated heterocycles. The first-order chi connectivity index (χ1) is 7.95. The second kappa shape index (κ2) is 4.02. The van der Waals surface area contributed by atoms with Crippen LogP contribution in [0.4, 0.5) is 0 Å². The maximum Gasteiger partial charge on any atom is 0.0891 e. The van der Waals surface area contributed by atoms with Gasteiger partial charge in [-0.2, -0.15) is 0 Å². The molecule has 3 heterocycles. The molecule has 0 aliphatic carbocycles. The van der Waals surface area contributed by atoms with Crippen molar-refractivity contribution in [2.24, 2.45) is 0 Å². The normalized spacial score (nSPS) is 16.1. The molecule has 3 rings (SSSR count). The molecular formula is C13H13N3. The van der Waals surface area contributed by atoms with Gasteiger partial charge in [0.1, 0.15) is 0 Å². The summed E-state index contributed by atoms with van der Waals surface area (Å²) in [6.45, 7) is 2.02. The number of fused-ring (bicyclic) bond motifs is 1.